The lowest BCUT2D eigenvalue weighted by Gasteiger charge is -2.23. The van der Waals surface area contributed by atoms with E-state index in [9.17, 15) is 0 Å². The number of aryl methyl sites for hydroxylation is 1. The highest BCUT2D eigenvalue weighted by Gasteiger charge is 2.25. The van der Waals surface area contributed by atoms with Gasteiger partial charge < -0.3 is 9.47 Å². The monoisotopic (exact) mass is 489 g/mol. The fourth-order valence-corrected chi connectivity index (χ4v) is 5.57. The van der Waals surface area contributed by atoms with Crippen LogP contribution in [0.4, 0.5) is 0 Å². The van der Waals surface area contributed by atoms with Crippen molar-refractivity contribution in [3.63, 3.8) is 0 Å². The van der Waals surface area contributed by atoms with Crippen LogP contribution in [0.5, 0.6) is 17.5 Å². The van der Waals surface area contributed by atoms with Crippen molar-refractivity contribution < 1.29 is 9.47 Å². The number of rotatable bonds is 8. The first kappa shape index (κ1) is 24.2. The van der Waals surface area contributed by atoms with Crippen LogP contribution in [0.25, 0.3) is 11.0 Å². The largest absolute Gasteiger partial charge is 0.494 e. The molecule has 1 unspecified atom stereocenters. The van der Waals surface area contributed by atoms with Crippen LogP contribution < -0.4 is 9.47 Å². The van der Waals surface area contributed by atoms with Gasteiger partial charge in [-0.2, -0.15) is 4.98 Å². The van der Waals surface area contributed by atoms with Crippen molar-refractivity contribution in [2.75, 3.05) is 13.7 Å². The van der Waals surface area contributed by atoms with Gasteiger partial charge in [-0.1, -0.05) is 43.1 Å². The second-order valence-corrected chi connectivity index (χ2v) is 9.80. The van der Waals surface area contributed by atoms with Crippen LogP contribution in [0.2, 0.25) is 10.0 Å². The summed E-state index contributed by atoms with van der Waals surface area (Å²) in [5.41, 5.74) is 4.08. The minimum atomic E-state index is 0.438. The number of halogens is 2. The average molecular weight is 490 g/mol. The Bertz CT molecular complexity index is 1140. The molecule has 0 bridgehead atoms. The summed E-state index contributed by atoms with van der Waals surface area (Å²) in [4.78, 5) is 7.29. The lowest BCUT2D eigenvalue weighted by atomic mass is 9.92. The summed E-state index contributed by atoms with van der Waals surface area (Å²) >= 11 is 13.0. The first-order valence-corrected chi connectivity index (χ1v) is 12.6. The van der Waals surface area contributed by atoms with Crippen molar-refractivity contribution in [2.45, 2.75) is 65.0 Å². The van der Waals surface area contributed by atoms with Gasteiger partial charge in [-0.25, -0.2) is 0 Å². The fraction of sp³-hybridized carbons (Fsp3) is 0.500. The number of benzene rings is 2. The van der Waals surface area contributed by atoms with Gasteiger partial charge in [0.05, 0.1) is 17.6 Å². The average Bonchev–Trinajstić information content (AvgIpc) is 3.34. The highest BCUT2D eigenvalue weighted by Crippen LogP contribution is 2.41. The lowest BCUT2D eigenvalue weighted by molar-refractivity contribution is 0.256. The summed E-state index contributed by atoms with van der Waals surface area (Å²) < 4.78 is 14.1. The zero-order valence-corrected chi connectivity index (χ0v) is 21.6. The molecule has 1 saturated heterocycles. The molecule has 2 aromatic carbocycles. The van der Waals surface area contributed by atoms with E-state index in [1.165, 1.54) is 18.4 Å². The number of methoxy groups -OCH3 is 1. The number of hydrogen-bond donors (Lipinski definition) is 0. The molecular formula is C26H33Cl2N3O2. The van der Waals surface area contributed by atoms with Crippen LogP contribution in [-0.4, -0.2) is 34.1 Å². The first-order valence-electron chi connectivity index (χ1n) is 11.8. The third kappa shape index (κ3) is 4.68. The molecule has 1 aliphatic rings. The summed E-state index contributed by atoms with van der Waals surface area (Å²) in [6.45, 7) is 8.50. The number of likely N-dealkylation sites (tertiary alicyclic amines) is 1. The Hall–Kier alpha value is -1.95. The van der Waals surface area contributed by atoms with Crippen molar-refractivity contribution in [2.24, 2.45) is 7.05 Å². The summed E-state index contributed by atoms with van der Waals surface area (Å²) in [5.74, 6) is 1.79. The molecule has 7 heteroatoms. The SMILES string of the molecule is CCC(CC)c1ccc(OC)c2nc(Oc3c(Cl)cc(Cl)cc3CN3CCCC3C)n(C)c12. The van der Waals surface area contributed by atoms with Crippen LogP contribution in [0.3, 0.4) is 0 Å². The van der Waals surface area contributed by atoms with Crippen molar-refractivity contribution in [1.82, 2.24) is 14.5 Å². The summed E-state index contributed by atoms with van der Waals surface area (Å²) in [6, 6.07) is 8.85. The van der Waals surface area contributed by atoms with Gasteiger partial charge in [0.1, 0.15) is 11.3 Å². The molecule has 4 rings (SSSR count). The highest BCUT2D eigenvalue weighted by atomic mass is 35.5. The number of hydrogen-bond acceptors (Lipinski definition) is 4. The normalized spacial score (nSPS) is 16.8. The van der Waals surface area contributed by atoms with Crippen LogP contribution in [-0.2, 0) is 13.6 Å². The number of imidazole rings is 1. The van der Waals surface area contributed by atoms with E-state index in [1.807, 2.05) is 23.7 Å². The Morgan fingerprint density at radius 2 is 1.94 bits per heavy atom. The van der Waals surface area contributed by atoms with Gasteiger partial charge in [0.15, 0.2) is 5.75 Å². The predicted molar refractivity (Wildman–Crippen MR) is 136 cm³/mol. The Kier molecular flexibility index (Phi) is 7.42. The molecule has 0 spiro atoms. The first-order chi connectivity index (χ1) is 15.9. The zero-order chi connectivity index (χ0) is 23.7. The van der Waals surface area contributed by atoms with Gasteiger partial charge in [0, 0.05) is 30.2 Å². The molecular weight excluding hydrogens is 457 g/mol. The molecule has 1 aromatic heterocycles. The minimum absolute atomic E-state index is 0.438. The Balaban J connectivity index is 1.79. The predicted octanol–water partition coefficient (Wildman–Crippen LogP) is 7.57. The Morgan fingerprint density at radius 3 is 2.58 bits per heavy atom. The van der Waals surface area contributed by atoms with E-state index >= 15 is 0 Å². The minimum Gasteiger partial charge on any atom is -0.494 e. The van der Waals surface area contributed by atoms with Gasteiger partial charge >= 0.3 is 6.01 Å². The smallest absolute Gasteiger partial charge is 0.302 e. The van der Waals surface area contributed by atoms with E-state index in [4.69, 9.17) is 37.7 Å². The molecule has 178 valence electrons. The number of fused-ring (bicyclic) bond motifs is 1. The molecule has 0 aliphatic carbocycles. The highest BCUT2D eigenvalue weighted by molar-refractivity contribution is 6.35. The number of aromatic nitrogens is 2. The van der Waals surface area contributed by atoms with Crippen LogP contribution >= 0.6 is 23.2 Å². The van der Waals surface area contributed by atoms with E-state index in [0.29, 0.717) is 33.8 Å². The van der Waals surface area contributed by atoms with Crippen molar-refractivity contribution >= 4 is 34.2 Å². The second kappa shape index (κ2) is 10.1. The maximum atomic E-state index is 6.65. The molecule has 0 N–H and O–H groups in total. The van der Waals surface area contributed by atoms with Crippen LogP contribution in [0, 0.1) is 0 Å². The molecule has 1 fully saturated rings. The molecule has 0 saturated carbocycles. The van der Waals surface area contributed by atoms with Gasteiger partial charge in [-0.3, -0.25) is 9.47 Å². The standard InChI is InChI=1S/C26H33Cl2N3O2/c1-6-17(7-2)20-10-11-22(32-5)23-24(20)30(4)26(29-23)33-25-18(13-19(27)14-21(25)28)15-31-12-8-9-16(31)3/h10-11,13-14,16-17H,6-9,12,15H2,1-5H3. The van der Waals surface area contributed by atoms with E-state index in [0.717, 1.165) is 48.3 Å². The maximum absolute atomic E-state index is 6.65. The van der Waals surface area contributed by atoms with Crippen molar-refractivity contribution in [3.05, 3.63) is 45.4 Å². The quantitative estimate of drug-likeness (QED) is 0.327. The molecule has 1 atom stereocenters. The molecule has 33 heavy (non-hydrogen) atoms. The van der Waals surface area contributed by atoms with Gasteiger partial charge in [-0.15, -0.1) is 0 Å². The van der Waals surface area contributed by atoms with Crippen LogP contribution in [0.15, 0.2) is 24.3 Å². The molecule has 2 heterocycles. The molecule has 0 amide bonds. The molecule has 3 aromatic rings. The van der Waals surface area contributed by atoms with E-state index in [-0.39, 0.29) is 0 Å². The van der Waals surface area contributed by atoms with Gasteiger partial charge in [0.25, 0.3) is 0 Å². The van der Waals surface area contributed by atoms with Gasteiger partial charge in [0.2, 0.25) is 0 Å². The van der Waals surface area contributed by atoms with E-state index < -0.39 is 0 Å². The summed E-state index contributed by atoms with van der Waals surface area (Å²) in [6.07, 6.45) is 4.52. The molecule has 5 nitrogen and oxygen atoms in total. The lowest BCUT2D eigenvalue weighted by Crippen LogP contribution is -2.26. The van der Waals surface area contributed by atoms with Crippen molar-refractivity contribution in [1.29, 1.82) is 0 Å². The third-order valence-electron chi connectivity index (χ3n) is 6.96. The second-order valence-electron chi connectivity index (χ2n) is 8.96. The van der Waals surface area contributed by atoms with Gasteiger partial charge in [-0.05, 0) is 68.8 Å². The van der Waals surface area contributed by atoms with Crippen LogP contribution in [0.1, 0.15) is 63.5 Å². The Morgan fingerprint density at radius 1 is 1.18 bits per heavy atom. The molecule has 0 radical (unpaired) electrons. The van der Waals surface area contributed by atoms with E-state index in [1.54, 1.807) is 13.2 Å². The fourth-order valence-electron chi connectivity index (χ4n) is 5.00. The summed E-state index contributed by atoms with van der Waals surface area (Å²) in [5, 5.41) is 1.10. The van der Waals surface area contributed by atoms with Crippen molar-refractivity contribution in [3.8, 4) is 17.5 Å². The zero-order valence-electron chi connectivity index (χ0n) is 20.1. The number of nitrogens with zero attached hydrogens (tertiary/aromatic N) is 3. The summed E-state index contributed by atoms with van der Waals surface area (Å²) in [7, 11) is 3.66. The Labute approximate surface area is 206 Å². The molecule has 1 aliphatic heterocycles. The third-order valence-corrected chi connectivity index (χ3v) is 7.46. The topological polar surface area (TPSA) is 39.5 Å². The van der Waals surface area contributed by atoms with E-state index in [2.05, 4.69) is 31.7 Å². The maximum Gasteiger partial charge on any atom is 0.302 e. The number of ether oxygens (including phenoxy) is 2.